The van der Waals surface area contributed by atoms with Gasteiger partial charge in [-0.25, -0.2) is 4.79 Å². The fourth-order valence-electron chi connectivity index (χ4n) is 2.07. The fraction of sp³-hybridized carbons (Fsp3) is 0.846. The highest BCUT2D eigenvalue weighted by Gasteiger charge is 2.19. The highest BCUT2D eigenvalue weighted by Crippen LogP contribution is 2.16. The normalized spacial score (nSPS) is 13.8. The lowest BCUT2D eigenvalue weighted by Gasteiger charge is -2.16. The maximum atomic E-state index is 11.7. The highest BCUT2D eigenvalue weighted by atomic mass is 16.4. The molecule has 19 heavy (non-hydrogen) atoms. The molecule has 0 aromatic carbocycles. The molecule has 5 N–H and O–H groups in total. The molecule has 0 aliphatic carbocycles. The molecule has 0 aromatic rings. The van der Waals surface area contributed by atoms with Gasteiger partial charge in [0.15, 0.2) is 0 Å². The van der Waals surface area contributed by atoms with Crippen molar-refractivity contribution in [2.24, 2.45) is 11.7 Å². The standard InChI is InChI=1S/C13H26N2O4/c1-2-3-10(6-8-14)4-5-12(17)15-11(7-9-16)13(18)19/h10-11,16H,2-9,14H2,1H3,(H,15,17)(H,18,19)/t10?,11-/m1/s1. The van der Waals surface area contributed by atoms with Crippen molar-refractivity contribution in [1.29, 1.82) is 0 Å². The molecule has 1 amide bonds. The van der Waals surface area contributed by atoms with E-state index in [1.54, 1.807) is 0 Å². The molecule has 2 atom stereocenters. The molecule has 6 heteroatoms. The molecule has 0 spiro atoms. The van der Waals surface area contributed by atoms with Crippen molar-refractivity contribution >= 4 is 11.9 Å². The van der Waals surface area contributed by atoms with E-state index in [1.165, 1.54) is 0 Å². The number of carboxylic acids is 1. The Morgan fingerprint density at radius 3 is 2.37 bits per heavy atom. The summed E-state index contributed by atoms with van der Waals surface area (Å²) in [4.78, 5) is 22.5. The minimum atomic E-state index is -1.12. The third kappa shape index (κ3) is 8.56. The molecule has 1 unspecified atom stereocenters. The van der Waals surface area contributed by atoms with Gasteiger partial charge in [-0.3, -0.25) is 4.79 Å². The van der Waals surface area contributed by atoms with Gasteiger partial charge in [0.25, 0.3) is 0 Å². The second-order valence-electron chi connectivity index (χ2n) is 4.74. The van der Waals surface area contributed by atoms with Crippen LogP contribution < -0.4 is 11.1 Å². The summed E-state index contributed by atoms with van der Waals surface area (Å²) in [6.07, 6.45) is 4.03. The first-order valence-electron chi connectivity index (χ1n) is 6.88. The second kappa shape index (κ2) is 10.8. The first-order chi connectivity index (χ1) is 9.04. The van der Waals surface area contributed by atoms with E-state index in [-0.39, 0.29) is 18.9 Å². The molecule has 0 bridgehead atoms. The zero-order chi connectivity index (χ0) is 14.7. The first kappa shape index (κ1) is 17.9. The summed E-state index contributed by atoms with van der Waals surface area (Å²) >= 11 is 0. The van der Waals surface area contributed by atoms with Crippen LogP contribution in [0.4, 0.5) is 0 Å². The lowest BCUT2D eigenvalue weighted by Crippen LogP contribution is -2.41. The molecular weight excluding hydrogens is 248 g/mol. The molecule has 0 aliphatic heterocycles. The van der Waals surface area contributed by atoms with Gasteiger partial charge in [0.05, 0.1) is 0 Å². The summed E-state index contributed by atoms with van der Waals surface area (Å²) < 4.78 is 0. The second-order valence-corrected chi connectivity index (χ2v) is 4.74. The average molecular weight is 274 g/mol. The zero-order valence-corrected chi connectivity index (χ0v) is 11.6. The van der Waals surface area contributed by atoms with Gasteiger partial charge in [0.2, 0.25) is 5.91 Å². The number of hydrogen-bond acceptors (Lipinski definition) is 4. The van der Waals surface area contributed by atoms with Crippen LogP contribution in [0.15, 0.2) is 0 Å². The van der Waals surface area contributed by atoms with Gasteiger partial charge in [0.1, 0.15) is 6.04 Å². The Kier molecular flexibility index (Phi) is 10.1. The van der Waals surface area contributed by atoms with Crippen LogP contribution in [0.5, 0.6) is 0 Å². The maximum absolute atomic E-state index is 11.7. The molecule has 0 saturated carbocycles. The lowest BCUT2D eigenvalue weighted by atomic mass is 9.94. The smallest absolute Gasteiger partial charge is 0.326 e. The molecule has 6 nitrogen and oxygen atoms in total. The Morgan fingerprint density at radius 2 is 1.89 bits per heavy atom. The molecule has 0 aromatic heterocycles. The van der Waals surface area contributed by atoms with Crippen LogP contribution in [0.25, 0.3) is 0 Å². The van der Waals surface area contributed by atoms with E-state index >= 15 is 0 Å². The Labute approximate surface area is 114 Å². The number of nitrogens with one attached hydrogen (secondary N) is 1. The van der Waals surface area contributed by atoms with E-state index in [4.69, 9.17) is 15.9 Å². The van der Waals surface area contributed by atoms with Gasteiger partial charge in [-0.05, 0) is 25.3 Å². The minimum absolute atomic E-state index is 0.0300. The Bertz CT molecular complexity index is 265. The SMILES string of the molecule is CCCC(CCN)CCC(=O)N[C@H](CCO)C(=O)O. The van der Waals surface area contributed by atoms with Crippen LogP contribution in [0.2, 0.25) is 0 Å². The van der Waals surface area contributed by atoms with Crippen LogP contribution in [0, 0.1) is 5.92 Å². The molecule has 0 rings (SSSR count). The maximum Gasteiger partial charge on any atom is 0.326 e. The molecule has 0 radical (unpaired) electrons. The number of aliphatic hydroxyl groups is 1. The third-order valence-corrected chi connectivity index (χ3v) is 3.10. The number of carboxylic acid groups (broad SMARTS) is 1. The fourth-order valence-corrected chi connectivity index (χ4v) is 2.07. The Hall–Kier alpha value is -1.14. The number of amides is 1. The van der Waals surface area contributed by atoms with Crippen molar-refractivity contribution in [3.05, 3.63) is 0 Å². The summed E-state index contributed by atoms with van der Waals surface area (Å²) in [6, 6.07) is -1.00. The van der Waals surface area contributed by atoms with E-state index < -0.39 is 12.0 Å². The van der Waals surface area contributed by atoms with Crippen molar-refractivity contribution < 1.29 is 19.8 Å². The van der Waals surface area contributed by atoms with Gasteiger partial charge >= 0.3 is 5.97 Å². The summed E-state index contributed by atoms with van der Waals surface area (Å²) in [7, 11) is 0. The topological polar surface area (TPSA) is 113 Å². The Morgan fingerprint density at radius 1 is 1.21 bits per heavy atom. The molecule has 0 heterocycles. The lowest BCUT2D eigenvalue weighted by molar-refractivity contribution is -0.142. The van der Waals surface area contributed by atoms with Crippen molar-refractivity contribution in [3.63, 3.8) is 0 Å². The van der Waals surface area contributed by atoms with Gasteiger partial charge in [-0.2, -0.15) is 0 Å². The minimum Gasteiger partial charge on any atom is -0.480 e. The highest BCUT2D eigenvalue weighted by molar-refractivity contribution is 5.83. The molecule has 0 saturated heterocycles. The van der Waals surface area contributed by atoms with Crippen molar-refractivity contribution in [2.45, 2.75) is 51.5 Å². The molecule has 0 aliphatic rings. The van der Waals surface area contributed by atoms with E-state index in [0.29, 0.717) is 18.9 Å². The first-order valence-corrected chi connectivity index (χ1v) is 6.88. The van der Waals surface area contributed by atoms with Gasteiger partial charge in [0, 0.05) is 19.4 Å². The predicted octanol–water partition coefficient (Wildman–Crippen LogP) is 0.484. The van der Waals surface area contributed by atoms with Crippen LogP contribution in [-0.2, 0) is 9.59 Å². The molecular formula is C13H26N2O4. The summed E-state index contributed by atoms with van der Waals surface area (Å²) in [6.45, 7) is 2.43. The summed E-state index contributed by atoms with van der Waals surface area (Å²) in [5.41, 5.74) is 5.52. The van der Waals surface area contributed by atoms with E-state index in [0.717, 1.165) is 25.7 Å². The molecule has 112 valence electrons. The molecule has 0 fully saturated rings. The van der Waals surface area contributed by atoms with Crippen LogP contribution in [0.3, 0.4) is 0 Å². The predicted molar refractivity (Wildman–Crippen MR) is 72.6 cm³/mol. The number of nitrogens with two attached hydrogens (primary N) is 1. The van der Waals surface area contributed by atoms with Crippen LogP contribution in [-0.4, -0.2) is 41.3 Å². The van der Waals surface area contributed by atoms with Crippen molar-refractivity contribution in [3.8, 4) is 0 Å². The summed E-state index contributed by atoms with van der Waals surface area (Å²) in [5, 5.41) is 20.0. The van der Waals surface area contributed by atoms with Crippen molar-refractivity contribution in [1.82, 2.24) is 5.32 Å². The van der Waals surface area contributed by atoms with Gasteiger partial charge in [-0.1, -0.05) is 19.8 Å². The number of carbonyl (C=O) groups excluding carboxylic acids is 1. The zero-order valence-electron chi connectivity index (χ0n) is 11.6. The van der Waals surface area contributed by atoms with Crippen LogP contribution in [0.1, 0.15) is 45.4 Å². The number of carbonyl (C=O) groups is 2. The van der Waals surface area contributed by atoms with Crippen LogP contribution >= 0.6 is 0 Å². The van der Waals surface area contributed by atoms with E-state index in [1.807, 2.05) is 0 Å². The van der Waals surface area contributed by atoms with E-state index in [2.05, 4.69) is 12.2 Å². The van der Waals surface area contributed by atoms with Crippen molar-refractivity contribution in [2.75, 3.05) is 13.2 Å². The van der Waals surface area contributed by atoms with Gasteiger partial charge in [-0.15, -0.1) is 0 Å². The average Bonchev–Trinajstić information content (AvgIpc) is 2.36. The van der Waals surface area contributed by atoms with E-state index in [9.17, 15) is 9.59 Å². The largest absolute Gasteiger partial charge is 0.480 e. The Balaban J connectivity index is 4.10. The number of aliphatic hydroxyl groups excluding tert-OH is 1. The number of hydrogen-bond donors (Lipinski definition) is 4. The number of rotatable bonds is 11. The number of aliphatic carboxylic acids is 1. The summed E-state index contributed by atoms with van der Waals surface area (Å²) in [5.74, 6) is -0.977. The van der Waals surface area contributed by atoms with Gasteiger partial charge < -0.3 is 21.3 Å². The third-order valence-electron chi connectivity index (χ3n) is 3.10. The monoisotopic (exact) mass is 274 g/mol. The quantitative estimate of drug-likeness (QED) is 0.438.